The van der Waals surface area contributed by atoms with Crippen LogP contribution in [0.4, 0.5) is 31.2 Å². The third-order valence-electron chi connectivity index (χ3n) is 8.76. The largest absolute Gasteiger partial charge is 0.443 e. The number of rotatable bonds is 11. The molecule has 0 aliphatic rings. The molecule has 0 radical (unpaired) electrons. The number of aryl methyl sites for hydroxylation is 1. The molecule has 0 aliphatic carbocycles. The summed E-state index contributed by atoms with van der Waals surface area (Å²) in [5.41, 5.74) is 7.27. The van der Waals surface area contributed by atoms with Crippen molar-refractivity contribution in [3.8, 4) is 0 Å². The molecule has 0 aliphatic heterocycles. The van der Waals surface area contributed by atoms with Crippen molar-refractivity contribution in [1.82, 2.24) is 9.88 Å². The number of aliphatic hydroxyl groups is 1. The van der Waals surface area contributed by atoms with Gasteiger partial charge in [-0.05, 0) is 107 Å². The monoisotopic (exact) mass is 793 g/mol. The number of halogens is 1. The van der Waals surface area contributed by atoms with Gasteiger partial charge in [0.25, 0.3) is 0 Å². The summed E-state index contributed by atoms with van der Waals surface area (Å²) in [5.74, 6) is -1.76. The predicted molar refractivity (Wildman–Crippen MR) is 215 cm³/mol. The number of amides is 3. The van der Waals surface area contributed by atoms with Gasteiger partial charge in [0.15, 0.2) is 15.7 Å². The highest BCUT2D eigenvalue weighted by atomic mass is 32.2. The van der Waals surface area contributed by atoms with Gasteiger partial charge in [-0.2, -0.15) is 4.90 Å². The minimum Gasteiger partial charge on any atom is -0.443 e. The highest BCUT2D eigenvalue weighted by Crippen LogP contribution is 2.34. The Balaban J connectivity index is 1.83. The van der Waals surface area contributed by atoms with Crippen molar-refractivity contribution in [2.45, 2.75) is 96.9 Å². The minimum absolute atomic E-state index is 0.0332. The zero-order valence-corrected chi connectivity index (χ0v) is 34.4. The Morgan fingerprint density at radius 2 is 1.57 bits per heavy atom. The second-order valence-electron chi connectivity index (χ2n) is 15.7. The van der Waals surface area contributed by atoms with E-state index in [0.717, 1.165) is 17.3 Å². The fourth-order valence-electron chi connectivity index (χ4n) is 6.04. The molecule has 0 bridgehead atoms. The summed E-state index contributed by atoms with van der Waals surface area (Å²) in [7, 11) is -2.12. The SMILES string of the molecule is CCS(=O)(=O)c1ccc(N)cc1CN(C)C(=O)C(Nc1ccc2c(N(C(=O)OC(C)(C)C)C(=O)OC(C)(C)C)ncc(F)c2c1)c1ccc([C@@H](C)CO)c(C)c1. The maximum Gasteiger partial charge on any atom is 0.425 e. The number of hydrogen-bond donors (Lipinski definition) is 3. The van der Waals surface area contributed by atoms with E-state index in [2.05, 4.69) is 10.3 Å². The Morgan fingerprint density at radius 3 is 2.12 bits per heavy atom. The Labute approximate surface area is 327 Å². The molecule has 3 amide bonds. The molecule has 1 aromatic heterocycles. The van der Waals surface area contributed by atoms with Crippen LogP contribution in [0, 0.1) is 12.7 Å². The van der Waals surface area contributed by atoms with Crippen molar-refractivity contribution in [3.63, 3.8) is 0 Å². The maximum absolute atomic E-state index is 15.7. The van der Waals surface area contributed by atoms with Gasteiger partial charge >= 0.3 is 12.2 Å². The van der Waals surface area contributed by atoms with E-state index < -0.39 is 51.0 Å². The van der Waals surface area contributed by atoms with Crippen LogP contribution < -0.4 is 16.0 Å². The Hall–Kier alpha value is -5.28. The highest BCUT2D eigenvalue weighted by molar-refractivity contribution is 7.91. The molecule has 0 spiro atoms. The second-order valence-corrected chi connectivity index (χ2v) is 18.0. The van der Waals surface area contributed by atoms with Gasteiger partial charge in [0.1, 0.15) is 23.1 Å². The number of carbonyl (C=O) groups excluding carboxylic acids is 3. The number of anilines is 3. The topological polar surface area (TPSA) is 181 Å². The number of carbonyl (C=O) groups is 3. The first kappa shape index (κ1) is 43.4. The average molecular weight is 794 g/mol. The van der Waals surface area contributed by atoms with E-state index in [0.29, 0.717) is 27.4 Å². The van der Waals surface area contributed by atoms with Gasteiger partial charge in [0.05, 0.1) is 16.8 Å². The fourth-order valence-corrected chi connectivity index (χ4v) is 7.15. The Morgan fingerprint density at radius 1 is 0.946 bits per heavy atom. The molecule has 4 N–H and O–H groups in total. The van der Waals surface area contributed by atoms with Crippen LogP contribution >= 0.6 is 0 Å². The van der Waals surface area contributed by atoms with Gasteiger partial charge in [0.2, 0.25) is 5.91 Å². The summed E-state index contributed by atoms with van der Waals surface area (Å²) >= 11 is 0. The molecular formula is C41H52FN5O8S. The van der Waals surface area contributed by atoms with Crippen molar-refractivity contribution in [1.29, 1.82) is 0 Å². The number of nitrogens with two attached hydrogens (primary N) is 1. The van der Waals surface area contributed by atoms with E-state index in [-0.39, 0.29) is 46.3 Å². The molecule has 56 heavy (non-hydrogen) atoms. The molecule has 302 valence electrons. The van der Waals surface area contributed by atoms with Gasteiger partial charge in [-0.1, -0.05) is 32.0 Å². The number of hydrogen-bond acceptors (Lipinski definition) is 11. The van der Waals surface area contributed by atoms with Gasteiger partial charge in [-0.3, -0.25) is 4.79 Å². The van der Waals surface area contributed by atoms with Crippen LogP contribution in [-0.2, 0) is 30.7 Å². The van der Waals surface area contributed by atoms with Crippen molar-refractivity contribution >= 4 is 55.9 Å². The number of nitrogens with zero attached hydrogens (tertiary/aromatic N) is 3. The Kier molecular flexibility index (Phi) is 13.1. The van der Waals surface area contributed by atoms with Crippen LogP contribution in [0.5, 0.6) is 0 Å². The zero-order valence-electron chi connectivity index (χ0n) is 33.6. The molecule has 0 fully saturated rings. The number of aliphatic hydroxyl groups excluding tert-OH is 1. The van der Waals surface area contributed by atoms with Crippen LogP contribution in [-0.4, -0.2) is 72.1 Å². The van der Waals surface area contributed by atoms with Crippen LogP contribution in [0.15, 0.2) is 65.7 Å². The second kappa shape index (κ2) is 16.8. The predicted octanol–water partition coefficient (Wildman–Crippen LogP) is 7.64. The molecular weight excluding hydrogens is 742 g/mol. The zero-order chi connectivity index (χ0) is 41.9. The number of fused-ring (bicyclic) bond motifs is 1. The third-order valence-corrected chi connectivity index (χ3v) is 10.6. The van der Waals surface area contributed by atoms with Crippen LogP contribution in [0.1, 0.15) is 89.6 Å². The minimum atomic E-state index is -3.65. The number of aromatic nitrogens is 1. The number of likely N-dealkylation sites (N-methyl/N-ethyl adjacent to an activating group) is 1. The highest BCUT2D eigenvalue weighted by Gasteiger charge is 2.35. The molecule has 1 heterocycles. The van der Waals surface area contributed by atoms with E-state index in [1.54, 1.807) is 53.7 Å². The van der Waals surface area contributed by atoms with Gasteiger partial charge in [0, 0.05) is 48.3 Å². The van der Waals surface area contributed by atoms with Gasteiger partial charge in [-0.15, -0.1) is 0 Å². The molecule has 2 atom stereocenters. The van der Waals surface area contributed by atoms with E-state index in [1.807, 2.05) is 26.0 Å². The number of nitrogens with one attached hydrogen (secondary N) is 1. The first-order valence-corrected chi connectivity index (χ1v) is 19.8. The first-order valence-electron chi connectivity index (χ1n) is 18.1. The molecule has 0 saturated carbocycles. The van der Waals surface area contributed by atoms with E-state index in [1.165, 1.54) is 49.2 Å². The van der Waals surface area contributed by atoms with Crippen LogP contribution in [0.3, 0.4) is 0 Å². The number of imide groups is 1. The summed E-state index contributed by atoms with van der Waals surface area (Å²) in [6.45, 7) is 14.9. The summed E-state index contributed by atoms with van der Waals surface area (Å²) < 4.78 is 52.6. The quantitative estimate of drug-likeness (QED) is 0.127. The van der Waals surface area contributed by atoms with Gasteiger partial charge in [-0.25, -0.2) is 27.4 Å². The summed E-state index contributed by atoms with van der Waals surface area (Å²) in [6, 6.07) is 13.2. The summed E-state index contributed by atoms with van der Waals surface area (Å²) in [4.78, 5) is 47.5. The average Bonchev–Trinajstić information content (AvgIpc) is 3.09. The van der Waals surface area contributed by atoms with Crippen LogP contribution in [0.25, 0.3) is 10.8 Å². The van der Waals surface area contributed by atoms with Crippen molar-refractivity contribution in [3.05, 3.63) is 88.9 Å². The lowest BCUT2D eigenvalue weighted by Crippen LogP contribution is -2.44. The van der Waals surface area contributed by atoms with E-state index in [4.69, 9.17) is 15.2 Å². The van der Waals surface area contributed by atoms with Crippen molar-refractivity contribution in [2.24, 2.45) is 0 Å². The normalized spacial score (nSPS) is 13.1. The third kappa shape index (κ3) is 10.3. The molecule has 13 nitrogen and oxygen atoms in total. The van der Waals surface area contributed by atoms with Crippen LogP contribution in [0.2, 0.25) is 0 Å². The number of nitrogen functional groups attached to an aromatic ring is 1. The maximum atomic E-state index is 15.7. The number of sulfone groups is 1. The summed E-state index contributed by atoms with van der Waals surface area (Å²) in [6.07, 6.45) is -1.28. The first-order chi connectivity index (χ1) is 26.0. The molecule has 1 unspecified atom stereocenters. The summed E-state index contributed by atoms with van der Waals surface area (Å²) in [5, 5.41) is 13.1. The van der Waals surface area contributed by atoms with E-state index in [9.17, 15) is 27.9 Å². The molecule has 3 aromatic carbocycles. The molecule has 0 saturated heterocycles. The Bertz CT molecular complexity index is 2210. The smallest absolute Gasteiger partial charge is 0.425 e. The number of benzene rings is 3. The lowest BCUT2D eigenvalue weighted by atomic mass is 9.93. The standard InChI is InChI=1S/C41H52FN5O8S/c1-11-56(52,53)34-17-13-28(43)19-27(34)22-46(10)37(49)35(26-12-15-30(24(2)18-26)25(3)23-48)45-29-14-16-31-32(20-29)33(42)21-44-36(31)47(38(50)54-40(4,5)6)39(51)55-41(7,8)9/h12-21,25,35,45,48H,11,22-23,43H2,1-10H3/t25-,35?/m0/s1. The molecule has 4 aromatic rings. The lowest BCUT2D eigenvalue weighted by molar-refractivity contribution is -0.131. The van der Waals surface area contributed by atoms with Gasteiger partial charge < -0.3 is 30.5 Å². The molecule has 4 rings (SSSR count). The lowest BCUT2D eigenvalue weighted by Gasteiger charge is -2.29. The molecule has 15 heteroatoms. The number of pyridine rings is 1. The van der Waals surface area contributed by atoms with Crippen molar-refractivity contribution in [2.75, 3.05) is 35.4 Å². The van der Waals surface area contributed by atoms with Crippen molar-refractivity contribution < 1.29 is 41.8 Å². The fraction of sp³-hybridized carbons (Fsp3) is 0.415. The number of ether oxygens (including phenoxy) is 2. The van der Waals surface area contributed by atoms with E-state index >= 15 is 4.39 Å².